The molecule has 0 aliphatic rings. The van der Waals surface area contributed by atoms with Gasteiger partial charge in [-0.3, -0.25) is 4.98 Å². The number of nitrogens with two attached hydrogens (primary N) is 3. The molecule has 0 aliphatic carbocycles. The van der Waals surface area contributed by atoms with Crippen molar-refractivity contribution in [2.45, 2.75) is 6.54 Å². The topological polar surface area (TPSA) is 90.9 Å². The first kappa shape index (κ1) is 10.4. The van der Waals surface area contributed by atoms with Crippen LogP contribution in [0.15, 0.2) is 36.5 Å². The van der Waals surface area contributed by atoms with Gasteiger partial charge in [0.25, 0.3) is 0 Å². The first-order chi connectivity index (χ1) is 7.72. The Labute approximate surface area is 94.1 Å². The number of nitrogen functional groups attached to an aromatic ring is 2. The summed E-state index contributed by atoms with van der Waals surface area (Å²) in [7, 11) is 0. The van der Waals surface area contributed by atoms with Crippen LogP contribution in [0.25, 0.3) is 11.3 Å². The largest absolute Gasteiger partial charge is 0.397 e. The van der Waals surface area contributed by atoms with Crippen molar-refractivity contribution in [1.82, 2.24) is 4.98 Å². The third-order valence-corrected chi connectivity index (χ3v) is 2.46. The van der Waals surface area contributed by atoms with E-state index in [2.05, 4.69) is 4.98 Å². The van der Waals surface area contributed by atoms with E-state index in [0.717, 1.165) is 11.1 Å². The number of anilines is 2. The van der Waals surface area contributed by atoms with Crippen LogP contribution in [0, 0.1) is 0 Å². The van der Waals surface area contributed by atoms with E-state index in [1.165, 1.54) is 0 Å². The van der Waals surface area contributed by atoms with Crippen molar-refractivity contribution in [3.05, 3.63) is 42.1 Å². The third kappa shape index (κ3) is 1.83. The van der Waals surface area contributed by atoms with Crippen LogP contribution < -0.4 is 17.2 Å². The fraction of sp³-hybridized carbons (Fsp3) is 0.0833. The van der Waals surface area contributed by atoms with Gasteiger partial charge in [-0.05, 0) is 17.7 Å². The summed E-state index contributed by atoms with van der Waals surface area (Å²) >= 11 is 0. The second-order valence-corrected chi connectivity index (χ2v) is 3.57. The molecule has 0 spiro atoms. The van der Waals surface area contributed by atoms with Gasteiger partial charge in [0.05, 0.1) is 17.1 Å². The maximum Gasteiger partial charge on any atom is 0.0952 e. The minimum absolute atomic E-state index is 0.496. The van der Waals surface area contributed by atoms with Gasteiger partial charge in [-0.2, -0.15) is 0 Å². The first-order valence-corrected chi connectivity index (χ1v) is 5.01. The second kappa shape index (κ2) is 4.20. The third-order valence-electron chi connectivity index (χ3n) is 2.46. The van der Waals surface area contributed by atoms with Crippen molar-refractivity contribution in [3.63, 3.8) is 0 Å². The lowest BCUT2D eigenvalue weighted by Crippen LogP contribution is -2.00. The smallest absolute Gasteiger partial charge is 0.0952 e. The Morgan fingerprint density at radius 2 is 1.94 bits per heavy atom. The molecular formula is C12H14N4. The Balaban J connectivity index is 2.54. The summed E-state index contributed by atoms with van der Waals surface area (Å²) in [6.45, 7) is 0.496. The van der Waals surface area contributed by atoms with E-state index in [4.69, 9.17) is 17.2 Å². The highest BCUT2D eigenvalue weighted by atomic mass is 14.8. The summed E-state index contributed by atoms with van der Waals surface area (Å²) in [6, 6.07) is 9.49. The molecule has 0 unspecified atom stereocenters. The standard InChI is InChI=1S/C12H14N4/c13-7-8-2-1-3-9(6-8)12-11(15)10(14)4-5-16-12/h1-6H,7,13,15H2,(H2,14,16). The molecule has 1 heterocycles. The quantitative estimate of drug-likeness (QED) is 0.704. The molecule has 4 nitrogen and oxygen atoms in total. The van der Waals surface area contributed by atoms with Gasteiger partial charge in [0, 0.05) is 18.3 Å². The molecule has 0 radical (unpaired) electrons. The molecule has 2 aromatic rings. The lowest BCUT2D eigenvalue weighted by Gasteiger charge is -2.08. The van der Waals surface area contributed by atoms with Crippen LogP contribution in [-0.4, -0.2) is 4.98 Å². The average Bonchev–Trinajstić information content (AvgIpc) is 2.33. The normalized spacial score (nSPS) is 10.3. The fourth-order valence-electron chi connectivity index (χ4n) is 1.56. The van der Waals surface area contributed by atoms with Gasteiger partial charge in [-0.25, -0.2) is 0 Å². The number of hydrogen-bond donors (Lipinski definition) is 3. The van der Waals surface area contributed by atoms with E-state index in [1.54, 1.807) is 12.3 Å². The number of pyridine rings is 1. The summed E-state index contributed by atoms with van der Waals surface area (Å²) < 4.78 is 0. The number of aromatic nitrogens is 1. The van der Waals surface area contributed by atoms with Crippen LogP contribution in [-0.2, 0) is 6.54 Å². The minimum Gasteiger partial charge on any atom is -0.397 e. The molecule has 0 bridgehead atoms. The lowest BCUT2D eigenvalue weighted by molar-refractivity contribution is 1.07. The zero-order valence-electron chi connectivity index (χ0n) is 8.85. The van der Waals surface area contributed by atoms with E-state index in [-0.39, 0.29) is 0 Å². The highest BCUT2D eigenvalue weighted by Crippen LogP contribution is 2.27. The van der Waals surface area contributed by atoms with Crippen molar-refractivity contribution in [1.29, 1.82) is 0 Å². The zero-order chi connectivity index (χ0) is 11.5. The van der Waals surface area contributed by atoms with Crippen LogP contribution in [0.2, 0.25) is 0 Å². The van der Waals surface area contributed by atoms with Crippen molar-refractivity contribution in [2.24, 2.45) is 5.73 Å². The summed E-state index contributed by atoms with van der Waals surface area (Å²) in [6.07, 6.45) is 1.65. The lowest BCUT2D eigenvalue weighted by atomic mass is 10.1. The number of benzene rings is 1. The van der Waals surface area contributed by atoms with Gasteiger partial charge >= 0.3 is 0 Å². The molecule has 0 saturated heterocycles. The average molecular weight is 214 g/mol. The van der Waals surface area contributed by atoms with Crippen molar-refractivity contribution < 1.29 is 0 Å². The summed E-state index contributed by atoms with van der Waals surface area (Å²) in [5, 5.41) is 0. The predicted octanol–water partition coefficient (Wildman–Crippen LogP) is 1.37. The van der Waals surface area contributed by atoms with E-state index in [9.17, 15) is 0 Å². The fourth-order valence-corrected chi connectivity index (χ4v) is 1.56. The molecule has 0 aliphatic heterocycles. The zero-order valence-corrected chi connectivity index (χ0v) is 8.85. The van der Waals surface area contributed by atoms with Crippen molar-refractivity contribution in [3.8, 4) is 11.3 Å². The van der Waals surface area contributed by atoms with Crippen LogP contribution >= 0.6 is 0 Å². The summed E-state index contributed by atoms with van der Waals surface area (Å²) in [5.74, 6) is 0. The summed E-state index contributed by atoms with van der Waals surface area (Å²) in [4.78, 5) is 4.24. The number of hydrogen-bond acceptors (Lipinski definition) is 4. The van der Waals surface area contributed by atoms with E-state index >= 15 is 0 Å². The Hall–Kier alpha value is -2.07. The minimum atomic E-state index is 0.496. The maximum absolute atomic E-state index is 5.89. The Bertz CT molecular complexity index is 508. The molecule has 4 heteroatoms. The summed E-state index contributed by atoms with van der Waals surface area (Å²) in [5.41, 5.74) is 21.0. The Morgan fingerprint density at radius 1 is 1.12 bits per heavy atom. The van der Waals surface area contributed by atoms with Crippen LogP contribution in [0.5, 0.6) is 0 Å². The van der Waals surface area contributed by atoms with E-state index < -0.39 is 0 Å². The van der Waals surface area contributed by atoms with Crippen LogP contribution in [0.3, 0.4) is 0 Å². The van der Waals surface area contributed by atoms with Crippen molar-refractivity contribution >= 4 is 11.4 Å². The first-order valence-electron chi connectivity index (χ1n) is 5.01. The molecule has 6 N–H and O–H groups in total. The maximum atomic E-state index is 5.89. The molecule has 2 rings (SSSR count). The van der Waals surface area contributed by atoms with Gasteiger partial charge < -0.3 is 17.2 Å². The van der Waals surface area contributed by atoms with Crippen LogP contribution in [0.4, 0.5) is 11.4 Å². The van der Waals surface area contributed by atoms with Crippen LogP contribution in [0.1, 0.15) is 5.56 Å². The molecule has 0 saturated carbocycles. The van der Waals surface area contributed by atoms with Crippen molar-refractivity contribution in [2.75, 3.05) is 11.5 Å². The second-order valence-electron chi connectivity index (χ2n) is 3.57. The van der Waals surface area contributed by atoms with Gasteiger partial charge in [0.2, 0.25) is 0 Å². The molecular weight excluding hydrogens is 200 g/mol. The molecule has 1 aromatic carbocycles. The highest BCUT2D eigenvalue weighted by molar-refractivity contribution is 5.81. The van der Waals surface area contributed by atoms with Gasteiger partial charge in [0.15, 0.2) is 0 Å². The highest BCUT2D eigenvalue weighted by Gasteiger charge is 2.06. The monoisotopic (exact) mass is 214 g/mol. The number of rotatable bonds is 2. The molecule has 16 heavy (non-hydrogen) atoms. The predicted molar refractivity (Wildman–Crippen MR) is 66.4 cm³/mol. The van der Waals surface area contributed by atoms with E-state index in [1.807, 2.05) is 24.3 Å². The van der Waals surface area contributed by atoms with Gasteiger partial charge in [0.1, 0.15) is 0 Å². The molecule has 82 valence electrons. The molecule has 0 amide bonds. The number of nitrogens with zero attached hydrogens (tertiary/aromatic N) is 1. The Kier molecular flexibility index (Phi) is 2.74. The van der Waals surface area contributed by atoms with Gasteiger partial charge in [-0.1, -0.05) is 18.2 Å². The van der Waals surface area contributed by atoms with E-state index in [0.29, 0.717) is 23.6 Å². The molecule has 0 fully saturated rings. The molecule has 1 aromatic heterocycles. The van der Waals surface area contributed by atoms with Gasteiger partial charge in [-0.15, -0.1) is 0 Å². The Morgan fingerprint density at radius 3 is 2.69 bits per heavy atom. The molecule has 0 atom stereocenters. The SMILES string of the molecule is NCc1cccc(-c2nccc(N)c2N)c1.